The molecule has 1 fully saturated rings. The van der Waals surface area contributed by atoms with Crippen LogP contribution in [0.15, 0.2) is 60.7 Å². The number of allylic oxidation sites excluding steroid dienone is 1. The third-order valence-electron chi connectivity index (χ3n) is 5.22. The first-order valence-electron chi connectivity index (χ1n) is 9.55. The summed E-state index contributed by atoms with van der Waals surface area (Å²) >= 11 is 0. The summed E-state index contributed by atoms with van der Waals surface area (Å²) in [4.78, 5) is 19.5. The summed E-state index contributed by atoms with van der Waals surface area (Å²) in [6.45, 7) is 8.11. The lowest BCUT2D eigenvalue weighted by molar-refractivity contribution is -0.128. The van der Waals surface area contributed by atoms with Crippen LogP contribution in [0.2, 0.25) is 0 Å². The van der Waals surface area contributed by atoms with Crippen molar-refractivity contribution in [1.82, 2.24) is 14.5 Å². The van der Waals surface area contributed by atoms with E-state index >= 15 is 0 Å². The maximum absolute atomic E-state index is 12.7. The first-order chi connectivity index (χ1) is 13.5. The number of nitrogens with zero attached hydrogens (tertiary/aromatic N) is 3. The second kappa shape index (κ2) is 7.50. The van der Waals surface area contributed by atoms with E-state index in [0.29, 0.717) is 19.5 Å². The molecule has 3 aromatic rings. The molecule has 1 saturated heterocycles. The molecule has 1 aromatic heterocycles. The van der Waals surface area contributed by atoms with Gasteiger partial charge in [0, 0.05) is 32.0 Å². The van der Waals surface area contributed by atoms with Gasteiger partial charge in [-0.2, -0.15) is 0 Å². The van der Waals surface area contributed by atoms with Crippen LogP contribution in [0.3, 0.4) is 0 Å². The van der Waals surface area contributed by atoms with Gasteiger partial charge in [-0.3, -0.25) is 4.79 Å². The molecule has 1 aliphatic heterocycles. The molecule has 0 radical (unpaired) electrons. The van der Waals surface area contributed by atoms with Crippen molar-refractivity contribution in [1.29, 1.82) is 0 Å². The smallest absolute Gasteiger partial charge is 0.223 e. The fourth-order valence-corrected chi connectivity index (χ4v) is 3.89. The number of amides is 1. The zero-order valence-electron chi connectivity index (χ0n) is 16.4. The Kier molecular flexibility index (Phi) is 4.90. The summed E-state index contributed by atoms with van der Waals surface area (Å²) in [6, 6.07) is 16.0. The Morgan fingerprint density at radius 1 is 1.21 bits per heavy atom. The summed E-state index contributed by atoms with van der Waals surface area (Å²) in [5.74, 6) is 2.07. The molecule has 144 valence electrons. The van der Waals surface area contributed by atoms with Crippen LogP contribution < -0.4 is 4.74 Å². The summed E-state index contributed by atoms with van der Waals surface area (Å²) < 4.78 is 7.42. The molecule has 28 heavy (non-hydrogen) atoms. The van der Waals surface area contributed by atoms with Gasteiger partial charge < -0.3 is 14.2 Å². The number of carbonyl (C=O) groups is 1. The summed E-state index contributed by atoms with van der Waals surface area (Å²) in [5, 5.41) is 0. The Hall–Kier alpha value is -3.08. The van der Waals surface area contributed by atoms with E-state index in [2.05, 4.69) is 17.2 Å². The Morgan fingerprint density at radius 3 is 2.68 bits per heavy atom. The van der Waals surface area contributed by atoms with E-state index in [1.807, 2.05) is 54.3 Å². The maximum atomic E-state index is 12.7. The number of ether oxygens (including phenoxy) is 1. The Balaban J connectivity index is 1.58. The number of para-hydroxylation sites is 2. The van der Waals surface area contributed by atoms with Crippen molar-refractivity contribution in [3.63, 3.8) is 0 Å². The van der Waals surface area contributed by atoms with E-state index in [1.165, 1.54) is 0 Å². The van der Waals surface area contributed by atoms with Gasteiger partial charge in [0.1, 0.15) is 11.6 Å². The number of aromatic nitrogens is 2. The standard InChI is InChI=1S/C23H25N3O2/c1-16(2)13-26-21-7-5-4-6-20(21)24-23(26)18-12-22(27)25(15-18)14-17-8-10-19(28-3)11-9-17/h4-11,18H,1,12-15H2,2-3H3. The lowest BCUT2D eigenvalue weighted by Gasteiger charge is -2.17. The van der Waals surface area contributed by atoms with Crippen molar-refractivity contribution < 1.29 is 9.53 Å². The maximum Gasteiger partial charge on any atom is 0.223 e. The van der Waals surface area contributed by atoms with Crippen LogP contribution in [0.25, 0.3) is 11.0 Å². The van der Waals surface area contributed by atoms with E-state index in [9.17, 15) is 4.79 Å². The summed E-state index contributed by atoms with van der Waals surface area (Å²) in [6.07, 6.45) is 0.496. The highest BCUT2D eigenvalue weighted by molar-refractivity contribution is 5.81. The van der Waals surface area contributed by atoms with E-state index in [0.717, 1.165) is 40.3 Å². The minimum absolute atomic E-state index is 0.0949. The lowest BCUT2D eigenvalue weighted by Crippen LogP contribution is -2.24. The van der Waals surface area contributed by atoms with Gasteiger partial charge in [0.25, 0.3) is 0 Å². The van der Waals surface area contributed by atoms with Crippen molar-refractivity contribution in [2.24, 2.45) is 0 Å². The topological polar surface area (TPSA) is 47.4 Å². The largest absolute Gasteiger partial charge is 0.497 e. The molecule has 0 spiro atoms. The number of carbonyl (C=O) groups excluding carboxylic acids is 1. The van der Waals surface area contributed by atoms with Gasteiger partial charge in [-0.05, 0) is 36.8 Å². The van der Waals surface area contributed by atoms with Crippen LogP contribution in [0.5, 0.6) is 5.75 Å². The second-order valence-corrected chi connectivity index (χ2v) is 7.53. The van der Waals surface area contributed by atoms with Crippen molar-refractivity contribution >= 4 is 16.9 Å². The molecular formula is C23H25N3O2. The Labute approximate surface area is 165 Å². The molecule has 1 atom stereocenters. The molecule has 1 unspecified atom stereocenters. The molecule has 0 N–H and O–H groups in total. The van der Waals surface area contributed by atoms with Gasteiger partial charge in [0.05, 0.1) is 18.1 Å². The van der Waals surface area contributed by atoms with Gasteiger partial charge in [0.2, 0.25) is 5.91 Å². The molecule has 5 heteroatoms. The molecule has 5 nitrogen and oxygen atoms in total. The Morgan fingerprint density at radius 2 is 1.96 bits per heavy atom. The predicted molar refractivity (Wildman–Crippen MR) is 110 cm³/mol. The minimum Gasteiger partial charge on any atom is -0.497 e. The van der Waals surface area contributed by atoms with Crippen molar-refractivity contribution in [3.05, 3.63) is 72.1 Å². The average molecular weight is 375 g/mol. The van der Waals surface area contributed by atoms with Crippen molar-refractivity contribution in [2.75, 3.05) is 13.7 Å². The fourth-order valence-electron chi connectivity index (χ4n) is 3.89. The summed E-state index contributed by atoms with van der Waals surface area (Å²) in [5.41, 5.74) is 4.25. The monoisotopic (exact) mass is 375 g/mol. The zero-order chi connectivity index (χ0) is 19.7. The molecular weight excluding hydrogens is 350 g/mol. The first-order valence-corrected chi connectivity index (χ1v) is 9.55. The number of benzene rings is 2. The van der Waals surface area contributed by atoms with E-state index in [1.54, 1.807) is 7.11 Å². The zero-order valence-corrected chi connectivity index (χ0v) is 16.4. The van der Waals surface area contributed by atoms with Crippen LogP contribution in [-0.2, 0) is 17.9 Å². The third-order valence-corrected chi connectivity index (χ3v) is 5.22. The van der Waals surface area contributed by atoms with E-state index in [-0.39, 0.29) is 11.8 Å². The highest BCUT2D eigenvalue weighted by atomic mass is 16.5. The number of methoxy groups -OCH3 is 1. The quantitative estimate of drug-likeness (QED) is 0.609. The molecule has 2 heterocycles. The van der Waals surface area contributed by atoms with Crippen LogP contribution in [0.4, 0.5) is 0 Å². The predicted octanol–water partition coefficient (Wildman–Crippen LogP) is 4.14. The number of imidazole rings is 1. The van der Waals surface area contributed by atoms with E-state index < -0.39 is 0 Å². The third kappa shape index (κ3) is 3.52. The SMILES string of the molecule is C=C(C)Cn1c(C2CC(=O)N(Cc3ccc(OC)cc3)C2)nc2ccccc21. The highest BCUT2D eigenvalue weighted by Gasteiger charge is 2.33. The van der Waals surface area contributed by atoms with Gasteiger partial charge in [0.15, 0.2) is 0 Å². The molecule has 0 bridgehead atoms. The number of likely N-dealkylation sites (tertiary alicyclic amines) is 1. The summed E-state index contributed by atoms with van der Waals surface area (Å²) in [7, 11) is 1.65. The normalized spacial score (nSPS) is 16.7. The highest BCUT2D eigenvalue weighted by Crippen LogP contribution is 2.31. The van der Waals surface area contributed by atoms with Crippen molar-refractivity contribution in [2.45, 2.75) is 32.4 Å². The molecule has 1 aliphatic rings. The Bertz CT molecular complexity index is 1020. The molecule has 4 rings (SSSR count). The van der Waals surface area contributed by atoms with E-state index in [4.69, 9.17) is 9.72 Å². The van der Waals surface area contributed by atoms with Gasteiger partial charge >= 0.3 is 0 Å². The average Bonchev–Trinajstić information content (AvgIpc) is 3.23. The van der Waals surface area contributed by atoms with Crippen LogP contribution in [-0.4, -0.2) is 34.0 Å². The van der Waals surface area contributed by atoms with Gasteiger partial charge in [-0.25, -0.2) is 4.98 Å². The number of rotatable bonds is 6. The fraction of sp³-hybridized carbons (Fsp3) is 0.304. The molecule has 0 saturated carbocycles. The number of fused-ring (bicyclic) bond motifs is 1. The van der Waals surface area contributed by atoms with Gasteiger partial charge in [-0.1, -0.05) is 36.4 Å². The number of hydrogen-bond donors (Lipinski definition) is 0. The first kappa shape index (κ1) is 18.3. The molecule has 2 aromatic carbocycles. The second-order valence-electron chi connectivity index (χ2n) is 7.53. The van der Waals surface area contributed by atoms with Crippen molar-refractivity contribution in [3.8, 4) is 5.75 Å². The minimum atomic E-state index is 0.0949. The van der Waals surface area contributed by atoms with Crippen LogP contribution in [0, 0.1) is 0 Å². The van der Waals surface area contributed by atoms with Gasteiger partial charge in [-0.15, -0.1) is 0 Å². The van der Waals surface area contributed by atoms with Crippen LogP contribution >= 0.6 is 0 Å². The molecule has 1 amide bonds. The number of hydrogen-bond acceptors (Lipinski definition) is 3. The molecule has 0 aliphatic carbocycles. The lowest BCUT2D eigenvalue weighted by atomic mass is 10.1. The van der Waals surface area contributed by atoms with Crippen LogP contribution in [0.1, 0.15) is 30.7 Å².